The van der Waals surface area contributed by atoms with Crippen LogP contribution in [0.15, 0.2) is 16.9 Å². The lowest BCUT2D eigenvalue weighted by Crippen LogP contribution is -2.57. The van der Waals surface area contributed by atoms with Gasteiger partial charge in [0.05, 0.1) is 17.6 Å². The Hall–Kier alpha value is -2.15. The third-order valence-corrected chi connectivity index (χ3v) is 5.50. The molecule has 0 bridgehead atoms. The van der Waals surface area contributed by atoms with Crippen molar-refractivity contribution >= 4 is 5.91 Å². The number of nitrogens with one attached hydrogen (secondary N) is 1. The molecule has 7 nitrogen and oxygen atoms in total. The molecule has 4 heterocycles. The maximum absolute atomic E-state index is 12.6. The van der Waals surface area contributed by atoms with Crippen LogP contribution in [0, 0.1) is 6.92 Å². The van der Waals surface area contributed by atoms with Crippen LogP contribution in [0.5, 0.6) is 0 Å². The van der Waals surface area contributed by atoms with Crippen molar-refractivity contribution in [1.82, 2.24) is 24.9 Å². The van der Waals surface area contributed by atoms with Gasteiger partial charge in [0.2, 0.25) is 0 Å². The zero-order valence-corrected chi connectivity index (χ0v) is 14.2. The van der Waals surface area contributed by atoms with E-state index >= 15 is 0 Å². The summed E-state index contributed by atoms with van der Waals surface area (Å²) in [5.41, 5.74) is 2.80. The summed E-state index contributed by atoms with van der Waals surface area (Å²) in [6.07, 6.45) is 4.63. The average Bonchev–Trinajstić information content (AvgIpc) is 3.25. The lowest BCUT2D eigenvalue weighted by atomic mass is 9.78. The molecular formula is C17H23N5O2. The highest BCUT2D eigenvalue weighted by atomic mass is 16.5. The van der Waals surface area contributed by atoms with Gasteiger partial charge in [-0.15, -0.1) is 0 Å². The van der Waals surface area contributed by atoms with E-state index in [2.05, 4.69) is 26.9 Å². The van der Waals surface area contributed by atoms with Gasteiger partial charge in [-0.25, -0.2) is 4.98 Å². The number of carbonyl (C=O) groups excluding carboxylic acids is 1. The van der Waals surface area contributed by atoms with Gasteiger partial charge in [0, 0.05) is 37.8 Å². The predicted octanol–water partition coefficient (Wildman–Crippen LogP) is 1.72. The maximum atomic E-state index is 12.6. The van der Waals surface area contributed by atoms with Gasteiger partial charge in [-0.1, -0.05) is 12.1 Å². The van der Waals surface area contributed by atoms with Gasteiger partial charge in [0.25, 0.3) is 5.91 Å². The molecule has 0 radical (unpaired) electrons. The number of amides is 1. The molecule has 4 rings (SSSR count). The number of aromatic nitrogens is 3. The number of hydrogen-bond donors (Lipinski definition) is 1. The zero-order chi connectivity index (χ0) is 16.7. The molecule has 128 valence electrons. The first-order chi connectivity index (χ1) is 11.6. The molecule has 2 aliphatic heterocycles. The first-order valence-corrected chi connectivity index (χ1v) is 8.64. The molecule has 1 spiro atoms. The van der Waals surface area contributed by atoms with Crippen molar-refractivity contribution in [3.8, 4) is 0 Å². The number of H-pyrrole nitrogens is 1. The Morgan fingerprint density at radius 2 is 2.17 bits per heavy atom. The molecule has 1 amide bonds. The number of fused-ring (bicyclic) bond motifs is 2. The quantitative estimate of drug-likeness (QED) is 0.907. The first kappa shape index (κ1) is 15.4. The minimum atomic E-state index is -0.0428. The molecular weight excluding hydrogens is 306 g/mol. The van der Waals surface area contributed by atoms with Gasteiger partial charge >= 0.3 is 0 Å². The van der Waals surface area contributed by atoms with Crippen molar-refractivity contribution in [3.05, 3.63) is 35.2 Å². The van der Waals surface area contributed by atoms with Crippen molar-refractivity contribution in [2.24, 2.45) is 0 Å². The van der Waals surface area contributed by atoms with Crippen molar-refractivity contribution in [2.45, 2.75) is 38.6 Å². The van der Waals surface area contributed by atoms with Crippen LogP contribution in [0.25, 0.3) is 0 Å². The second-order valence-electron chi connectivity index (χ2n) is 6.71. The highest BCUT2D eigenvalue weighted by Gasteiger charge is 2.46. The number of carbonyl (C=O) groups is 1. The van der Waals surface area contributed by atoms with Crippen LogP contribution in [0.4, 0.5) is 0 Å². The topological polar surface area (TPSA) is 78.3 Å². The van der Waals surface area contributed by atoms with Crippen LogP contribution in [0.1, 0.15) is 47.4 Å². The first-order valence-electron chi connectivity index (χ1n) is 8.64. The van der Waals surface area contributed by atoms with Gasteiger partial charge in [-0.05, 0) is 26.3 Å². The van der Waals surface area contributed by atoms with E-state index in [-0.39, 0.29) is 11.4 Å². The SMILES string of the molecule is CCN1CCc2[nH]cnc2C12CCN(C(=O)c1cc(C)on1)CC2. The maximum Gasteiger partial charge on any atom is 0.276 e. The summed E-state index contributed by atoms with van der Waals surface area (Å²) in [6.45, 7) is 7.48. The summed E-state index contributed by atoms with van der Waals surface area (Å²) >= 11 is 0. The smallest absolute Gasteiger partial charge is 0.276 e. The molecule has 7 heteroatoms. The highest BCUT2D eigenvalue weighted by Crippen LogP contribution is 2.42. The fourth-order valence-electron chi connectivity index (χ4n) is 4.25. The zero-order valence-electron chi connectivity index (χ0n) is 14.2. The van der Waals surface area contributed by atoms with Gasteiger partial charge < -0.3 is 14.4 Å². The Kier molecular flexibility index (Phi) is 3.68. The predicted molar refractivity (Wildman–Crippen MR) is 87.6 cm³/mol. The number of aryl methyl sites for hydroxylation is 1. The Labute approximate surface area is 141 Å². The molecule has 1 saturated heterocycles. The van der Waals surface area contributed by atoms with E-state index in [9.17, 15) is 4.79 Å². The van der Waals surface area contributed by atoms with E-state index in [4.69, 9.17) is 4.52 Å². The number of rotatable bonds is 2. The molecule has 0 saturated carbocycles. The molecule has 0 unspecified atom stereocenters. The number of hydrogen-bond acceptors (Lipinski definition) is 5. The lowest BCUT2D eigenvalue weighted by molar-refractivity contribution is 0.00993. The Bertz CT molecular complexity index is 742. The fourth-order valence-corrected chi connectivity index (χ4v) is 4.25. The summed E-state index contributed by atoms with van der Waals surface area (Å²) in [4.78, 5) is 24.9. The van der Waals surface area contributed by atoms with E-state index < -0.39 is 0 Å². The second-order valence-corrected chi connectivity index (χ2v) is 6.71. The van der Waals surface area contributed by atoms with Crippen LogP contribution in [0.3, 0.4) is 0 Å². The summed E-state index contributed by atoms with van der Waals surface area (Å²) < 4.78 is 5.04. The van der Waals surface area contributed by atoms with E-state index in [1.807, 2.05) is 4.90 Å². The monoisotopic (exact) mass is 329 g/mol. The van der Waals surface area contributed by atoms with Gasteiger partial charge in [-0.2, -0.15) is 0 Å². The Morgan fingerprint density at radius 1 is 1.38 bits per heavy atom. The molecule has 2 aromatic heterocycles. The number of imidazole rings is 1. The summed E-state index contributed by atoms with van der Waals surface area (Å²) in [7, 11) is 0. The molecule has 2 aliphatic rings. The van der Waals surface area contributed by atoms with Gasteiger partial charge in [-0.3, -0.25) is 9.69 Å². The van der Waals surface area contributed by atoms with E-state index in [0.29, 0.717) is 24.5 Å². The van der Waals surface area contributed by atoms with Gasteiger partial charge in [0.1, 0.15) is 5.76 Å². The van der Waals surface area contributed by atoms with Crippen LogP contribution in [0.2, 0.25) is 0 Å². The molecule has 2 aromatic rings. The number of nitrogens with zero attached hydrogens (tertiary/aromatic N) is 4. The van der Waals surface area contributed by atoms with Crippen LogP contribution < -0.4 is 0 Å². The molecule has 1 N–H and O–H groups in total. The van der Waals surface area contributed by atoms with E-state index in [1.165, 1.54) is 11.4 Å². The third kappa shape index (κ3) is 2.26. The molecule has 0 atom stereocenters. The molecule has 1 fully saturated rings. The summed E-state index contributed by atoms with van der Waals surface area (Å²) in [6, 6.07) is 1.71. The average molecular weight is 329 g/mol. The third-order valence-electron chi connectivity index (χ3n) is 5.50. The number of likely N-dealkylation sites (N-methyl/N-ethyl adjacent to an activating group) is 1. The van der Waals surface area contributed by atoms with Crippen LogP contribution in [-0.2, 0) is 12.0 Å². The molecule has 0 aromatic carbocycles. The second kappa shape index (κ2) is 5.73. The molecule has 24 heavy (non-hydrogen) atoms. The number of piperidine rings is 1. The van der Waals surface area contributed by atoms with Crippen molar-refractivity contribution in [2.75, 3.05) is 26.2 Å². The number of likely N-dealkylation sites (tertiary alicyclic amines) is 1. The summed E-state index contributed by atoms with van der Waals surface area (Å²) in [5, 5.41) is 3.86. The standard InChI is InChI=1S/C17H23N5O2/c1-3-22-7-4-13-15(19-11-18-13)17(22)5-8-21(9-6-17)16(23)14-10-12(2)24-20-14/h10-11H,3-9H2,1-2H3,(H,18,19). The van der Waals surface area contributed by atoms with Crippen molar-refractivity contribution in [3.63, 3.8) is 0 Å². The largest absolute Gasteiger partial charge is 0.361 e. The van der Waals surface area contributed by atoms with Crippen LogP contribution in [-0.4, -0.2) is 57.0 Å². The fraction of sp³-hybridized carbons (Fsp3) is 0.588. The van der Waals surface area contributed by atoms with Crippen molar-refractivity contribution in [1.29, 1.82) is 0 Å². The van der Waals surface area contributed by atoms with E-state index in [0.717, 1.165) is 32.4 Å². The highest BCUT2D eigenvalue weighted by molar-refractivity contribution is 5.92. The van der Waals surface area contributed by atoms with E-state index in [1.54, 1.807) is 19.3 Å². The minimum Gasteiger partial charge on any atom is -0.361 e. The summed E-state index contributed by atoms with van der Waals surface area (Å²) in [5.74, 6) is 0.625. The normalized spacial score (nSPS) is 20.3. The Balaban J connectivity index is 1.56. The molecule has 0 aliphatic carbocycles. The lowest BCUT2D eigenvalue weighted by Gasteiger charge is -2.50. The van der Waals surface area contributed by atoms with Gasteiger partial charge in [0.15, 0.2) is 5.69 Å². The van der Waals surface area contributed by atoms with Crippen molar-refractivity contribution < 1.29 is 9.32 Å². The Morgan fingerprint density at radius 3 is 2.83 bits per heavy atom. The minimum absolute atomic E-state index is 0.0391. The van der Waals surface area contributed by atoms with Crippen LogP contribution >= 0.6 is 0 Å². The number of aromatic amines is 1.